The third kappa shape index (κ3) is 5.62. The van der Waals surface area contributed by atoms with Crippen molar-refractivity contribution in [3.8, 4) is 34.5 Å². The Labute approximate surface area is 358 Å². The van der Waals surface area contributed by atoms with Crippen molar-refractivity contribution < 1.29 is 19.7 Å². The second-order valence-corrected chi connectivity index (χ2v) is 26.4. The SMILES string of the molecule is CC12CC3CC(C)(C1)CC(c1cc(N)c(O)cc1Oc1ccc(C45CC6CC(C)(CC(C)(C6)C4)C5)c(Oc4cc(O)c(N)cc4C45CC6CC(C)(CC(C)(C6)C4)C5)c1)(C3)C2. The summed E-state index contributed by atoms with van der Waals surface area (Å²) in [5.74, 6) is 5.27. The third-order valence-electron chi connectivity index (χ3n) is 19.3. The highest BCUT2D eigenvalue weighted by Crippen LogP contribution is 2.74. The minimum atomic E-state index is -0.0441. The molecule has 12 fully saturated rings. The van der Waals surface area contributed by atoms with Gasteiger partial charge in [0, 0.05) is 51.1 Å². The summed E-state index contributed by atoms with van der Waals surface area (Å²) >= 11 is 0. The van der Waals surface area contributed by atoms with Gasteiger partial charge in [0.25, 0.3) is 0 Å². The maximum absolute atomic E-state index is 11.4. The molecule has 12 aliphatic rings. The minimum Gasteiger partial charge on any atom is -0.506 e. The fraction of sp³-hybridized carbons (Fsp3) is 0.667. The molecule has 6 unspecified atom stereocenters. The van der Waals surface area contributed by atoms with Gasteiger partial charge in [-0.15, -0.1) is 0 Å². The van der Waals surface area contributed by atoms with Crippen molar-refractivity contribution >= 4 is 11.4 Å². The van der Waals surface area contributed by atoms with E-state index in [0.717, 1.165) is 55.6 Å². The van der Waals surface area contributed by atoms with E-state index in [-0.39, 0.29) is 27.7 Å². The summed E-state index contributed by atoms with van der Waals surface area (Å²) in [4.78, 5) is 0. The Balaban J connectivity index is 0.992. The molecule has 12 saturated carbocycles. The Morgan fingerprint density at radius 2 is 0.750 bits per heavy atom. The standard InChI is InChI=1S/C54H70N2O4/c1-46-14-32-15-47(2,23-46)27-52(20-32,26-46)36-8-7-35(59-44-12-41(57)39(55)10-37(44)53-21-33-16-48(3,28-53)24-49(4,17-33)29-53)9-43(36)60-45-13-42(58)40(56)11-38(45)54-22-34-18-50(5,30-54)25-51(6,19-34)31-54/h7-13,32-34,57-58H,14-31,55-56H2,1-6H3. The highest BCUT2D eigenvalue weighted by molar-refractivity contribution is 5.64. The molecule has 3 aromatic rings. The molecule has 3 aromatic carbocycles. The molecule has 0 radical (unpaired) electrons. The first kappa shape index (κ1) is 38.2. The Hall–Kier alpha value is -3.54. The van der Waals surface area contributed by atoms with Crippen LogP contribution in [0.25, 0.3) is 0 Å². The van der Waals surface area contributed by atoms with Crippen molar-refractivity contribution in [2.75, 3.05) is 11.5 Å². The van der Waals surface area contributed by atoms with E-state index in [9.17, 15) is 10.2 Å². The van der Waals surface area contributed by atoms with E-state index in [0.29, 0.717) is 73.1 Å². The number of nitrogens with two attached hydrogens (primary N) is 2. The molecular weight excluding hydrogens is 741 g/mol. The molecule has 0 heterocycles. The first-order valence-electron chi connectivity index (χ1n) is 23.9. The quantitative estimate of drug-likeness (QED) is 0.140. The molecule has 0 saturated heterocycles. The van der Waals surface area contributed by atoms with E-state index in [1.165, 1.54) is 88.2 Å². The van der Waals surface area contributed by atoms with Gasteiger partial charge in [0.2, 0.25) is 0 Å². The molecule has 60 heavy (non-hydrogen) atoms. The number of benzene rings is 3. The summed E-state index contributed by atoms with van der Waals surface area (Å²) in [6, 6.07) is 14.4. The lowest BCUT2D eigenvalue weighted by Gasteiger charge is -2.66. The van der Waals surface area contributed by atoms with Crippen LogP contribution < -0.4 is 20.9 Å². The Kier molecular flexibility index (Phi) is 7.33. The van der Waals surface area contributed by atoms with Crippen molar-refractivity contribution in [3.63, 3.8) is 0 Å². The average Bonchev–Trinajstić information content (AvgIpc) is 3.06. The number of nitrogen functional groups attached to an aromatic ring is 2. The first-order valence-corrected chi connectivity index (χ1v) is 23.9. The lowest BCUT2D eigenvalue weighted by molar-refractivity contribution is -0.110. The number of phenols is 2. The number of rotatable bonds is 7. The lowest BCUT2D eigenvalue weighted by atomic mass is 9.39. The highest BCUT2D eigenvalue weighted by Gasteiger charge is 2.64. The Morgan fingerprint density at radius 1 is 0.417 bits per heavy atom. The molecule has 15 rings (SSSR count). The number of anilines is 2. The number of hydrogen-bond acceptors (Lipinski definition) is 6. The minimum absolute atomic E-state index is 0.00312. The van der Waals surface area contributed by atoms with Gasteiger partial charge in [-0.2, -0.15) is 0 Å². The molecular formula is C54H70N2O4. The van der Waals surface area contributed by atoms with Crippen LogP contribution in [-0.4, -0.2) is 10.2 Å². The van der Waals surface area contributed by atoms with Crippen molar-refractivity contribution in [3.05, 3.63) is 59.2 Å². The lowest BCUT2D eigenvalue weighted by Crippen LogP contribution is -2.57. The van der Waals surface area contributed by atoms with E-state index in [1.54, 1.807) is 6.07 Å². The molecule has 6 N–H and O–H groups in total. The molecule has 320 valence electrons. The second kappa shape index (κ2) is 11.5. The van der Waals surface area contributed by atoms with Crippen LogP contribution in [0.3, 0.4) is 0 Å². The van der Waals surface area contributed by atoms with Crippen LogP contribution in [0.15, 0.2) is 42.5 Å². The number of hydrogen-bond donors (Lipinski definition) is 4. The van der Waals surface area contributed by atoms with Gasteiger partial charge in [0.1, 0.15) is 34.5 Å². The zero-order chi connectivity index (χ0) is 41.7. The van der Waals surface area contributed by atoms with Gasteiger partial charge in [0.15, 0.2) is 0 Å². The smallest absolute Gasteiger partial charge is 0.142 e. The number of aromatic hydroxyl groups is 2. The van der Waals surface area contributed by atoms with E-state index < -0.39 is 0 Å². The second-order valence-electron chi connectivity index (χ2n) is 26.4. The first-order chi connectivity index (χ1) is 28.1. The van der Waals surface area contributed by atoms with Crippen LogP contribution in [-0.2, 0) is 16.2 Å². The fourth-order valence-corrected chi connectivity index (χ4v) is 20.7. The van der Waals surface area contributed by atoms with Gasteiger partial charge in [-0.25, -0.2) is 0 Å². The summed E-state index contributed by atoms with van der Waals surface area (Å²) in [6.07, 6.45) is 22.1. The molecule has 6 nitrogen and oxygen atoms in total. The largest absolute Gasteiger partial charge is 0.506 e. The number of ether oxygens (including phenoxy) is 2. The van der Waals surface area contributed by atoms with Crippen LogP contribution in [0.2, 0.25) is 0 Å². The summed E-state index contributed by atoms with van der Waals surface area (Å²) in [5, 5.41) is 22.6. The van der Waals surface area contributed by atoms with E-state index in [2.05, 4.69) is 65.8 Å². The fourth-order valence-electron chi connectivity index (χ4n) is 20.7. The molecule has 12 aliphatic carbocycles. The zero-order valence-electron chi connectivity index (χ0n) is 37.4. The van der Waals surface area contributed by atoms with Gasteiger partial charge in [-0.1, -0.05) is 47.6 Å². The van der Waals surface area contributed by atoms with Crippen molar-refractivity contribution in [2.45, 2.75) is 173 Å². The predicted octanol–water partition coefficient (Wildman–Crippen LogP) is 13.6. The monoisotopic (exact) mass is 811 g/mol. The van der Waals surface area contributed by atoms with Crippen LogP contribution in [0.1, 0.15) is 174 Å². The average molecular weight is 811 g/mol. The van der Waals surface area contributed by atoms with Gasteiger partial charge in [-0.05, 0) is 184 Å². The summed E-state index contributed by atoms with van der Waals surface area (Å²) in [6.45, 7) is 15.2. The van der Waals surface area contributed by atoms with Crippen LogP contribution in [0.4, 0.5) is 11.4 Å². The summed E-state index contributed by atoms with van der Waals surface area (Å²) in [5.41, 5.74) is 19.5. The zero-order valence-corrected chi connectivity index (χ0v) is 37.4. The molecule has 0 aliphatic heterocycles. The maximum atomic E-state index is 11.4. The van der Waals surface area contributed by atoms with Gasteiger partial charge in [-0.3, -0.25) is 0 Å². The van der Waals surface area contributed by atoms with E-state index in [1.807, 2.05) is 12.1 Å². The molecule has 0 spiro atoms. The summed E-state index contributed by atoms with van der Waals surface area (Å²) in [7, 11) is 0. The summed E-state index contributed by atoms with van der Waals surface area (Å²) < 4.78 is 14.6. The highest BCUT2D eigenvalue weighted by atomic mass is 16.5. The Bertz CT molecular complexity index is 2310. The van der Waals surface area contributed by atoms with Gasteiger partial charge >= 0.3 is 0 Å². The molecule has 0 amide bonds. The maximum Gasteiger partial charge on any atom is 0.142 e. The molecule has 12 bridgehead atoms. The molecule has 6 atom stereocenters. The van der Waals surface area contributed by atoms with Crippen LogP contribution in [0.5, 0.6) is 34.5 Å². The molecule has 6 heteroatoms. The van der Waals surface area contributed by atoms with Crippen molar-refractivity contribution in [1.82, 2.24) is 0 Å². The predicted molar refractivity (Wildman–Crippen MR) is 239 cm³/mol. The van der Waals surface area contributed by atoms with Crippen molar-refractivity contribution in [2.24, 2.45) is 50.2 Å². The van der Waals surface area contributed by atoms with Gasteiger partial charge < -0.3 is 31.2 Å². The van der Waals surface area contributed by atoms with Gasteiger partial charge in [0.05, 0.1) is 11.4 Å². The third-order valence-corrected chi connectivity index (χ3v) is 19.3. The normalized spacial score (nSPS) is 46.3. The van der Waals surface area contributed by atoms with Crippen molar-refractivity contribution in [1.29, 1.82) is 0 Å². The number of phenolic OH excluding ortho intramolecular Hbond substituents is 2. The van der Waals surface area contributed by atoms with E-state index in [4.69, 9.17) is 20.9 Å². The van der Waals surface area contributed by atoms with E-state index >= 15 is 0 Å². The van der Waals surface area contributed by atoms with Crippen LogP contribution >= 0.6 is 0 Å². The van der Waals surface area contributed by atoms with Crippen LogP contribution in [0, 0.1) is 50.2 Å². The topological polar surface area (TPSA) is 111 Å². The Morgan fingerprint density at radius 3 is 1.12 bits per heavy atom. The molecule has 0 aromatic heterocycles.